The van der Waals surface area contributed by atoms with E-state index in [1.165, 1.54) is 0 Å². The van der Waals surface area contributed by atoms with Crippen molar-refractivity contribution in [1.82, 2.24) is 0 Å². The van der Waals surface area contributed by atoms with Crippen LogP contribution in [0.15, 0.2) is 0 Å². The molecule has 5 heteroatoms. The predicted molar refractivity (Wildman–Crippen MR) is 45.4 cm³/mol. The van der Waals surface area contributed by atoms with Crippen molar-refractivity contribution in [2.75, 3.05) is 13.2 Å². The molecule has 0 saturated carbocycles. The van der Waals surface area contributed by atoms with Crippen molar-refractivity contribution < 1.29 is 24.4 Å². The van der Waals surface area contributed by atoms with Gasteiger partial charge in [0.2, 0.25) is 0 Å². The summed E-state index contributed by atoms with van der Waals surface area (Å²) in [4.78, 5) is 19.6. The van der Waals surface area contributed by atoms with Crippen LogP contribution in [0.25, 0.3) is 0 Å². The first-order valence-corrected chi connectivity index (χ1v) is 4.08. The van der Waals surface area contributed by atoms with Crippen LogP contribution in [0, 0.1) is 0 Å². The molecule has 0 aliphatic rings. The van der Waals surface area contributed by atoms with Gasteiger partial charge in [-0.3, -0.25) is 0 Å². The summed E-state index contributed by atoms with van der Waals surface area (Å²) >= 11 is 0. The Hall–Kier alpha value is -0.810. The lowest BCUT2D eigenvalue weighted by Gasteiger charge is -2.17. The molecule has 0 spiro atoms. The van der Waals surface area contributed by atoms with Crippen LogP contribution in [-0.2, 0) is 14.5 Å². The summed E-state index contributed by atoms with van der Waals surface area (Å²) in [6.07, 6.45) is -0.778. The molecular formula is C8H16O5. The maximum atomic E-state index is 9.90. The van der Waals surface area contributed by atoms with Gasteiger partial charge in [0.1, 0.15) is 0 Å². The van der Waals surface area contributed by atoms with Gasteiger partial charge in [0.05, 0.1) is 18.8 Å². The van der Waals surface area contributed by atoms with Gasteiger partial charge in [0, 0.05) is 6.42 Å². The van der Waals surface area contributed by atoms with Crippen LogP contribution in [0.3, 0.4) is 0 Å². The van der Waals surface area contributed by atoms with Gasteiger partial charge in [0.25, 0.3) is 0 Å². The highest BCUT2D eigenvalue weighted by Crippen LogP contribution is 2.06. The molecule has 0 saturated heterocycles. The quantitative estimate of drug-likeness (QED) is 0.311. The lowest BCUT2D eigenvalue weighted by atomic mass is 10.2. The molecule has 0 aliphatic heterocycles. The highest BCUT2D eigenvalue weighted by Gasteiger charge is 2.10. The summed E-state index contributed by atoms with van der Waals surface area (Å²) in [5, 5.41) is 8.10. The molecule has 78 valence electrons. The first kappa shape index (κ1) is 12.2. The van der Waals surface area contributed by atoms with E-state index < -0.39 is 6.16 Å². The number of carboxylic acid groups (broad SMARTS) is 1. The Kier molecular flexibility index (Phi) is 5.41. The Morgan fingerprint density at radius 3 is 2.38 bits per heavy atom. The van der Waals surface area contributed by atoms with Gasteiger partial charge < -0.3 is 9.84 Å². The normalized spacial score (nSPS) is 11.3. The molecular weight excluding hydrogens is 176 g/mol. The summed E-state index contributed by atoms with van der Waals surface area (Å²) < 4.78 is 4.26. The molecule has 5 nitrogen and oxygen atoms in total. The Bertz CT molecular complexity index is 149. The van der Waals surface area contributed by atoms with E-state index in [2.05, 4.69) is 4.74 Å². The maximum Gasteiger partial charge on any atom is 0.505 e. The van der Waals surface area contributed by atoms with Crippen molar-refractivity contribution in [3.63, 3.8) is 0 Å². The average molecular weight is 192 g/mol. The van der Waals surface area contributed by atoms with Crippen LogP contribution in [-0.4, -0.2) is 30.1 Å². The molecule has 0 aromatic heterocycles. The van der Waals surface area contributed by atoms with Gasteiger partial charge in [-0.15, -0.1) is 0 Å². The Balaban J connectivity index is 3.13. The van der Waals surface area contributed by atoms with E-state index in [1.54, 1.807) is 0 Å². The minimum Gasteiger partial charge on any atom is -0.450 e. The summed E-state index contributed by atoms with van der Waals surface area (Å²) in [7, 11) is 0. The van der Waals surface area contributed by atoms with Crippen molar-refractivity contribution in [3.8, 4) is 0 Å². The zero-order chi connectivity index (χ0) is 10.3. The van der Waals surface area contributed by atoms with Crippen LogP contribution < -0.4 is 0 Å². The van der Waals surface area contributed by atoms with Gasteiger partial charge in [0.15, 0.2) is 0 Å². The van der Waals surface area contributed by atoms with E-state index in [9.17, 15) is 4.79 Å². The van der Waals surface area contributed by atoms with E-state index in [0.29, 0.717) is 13.0 Å². The predicted octanol–water partition coefficient (Wildman–Crippen LogP) is 1.82. The standard InChI is InChI=1S/C8H16O5/c1-8(2,3)13-12-6-4-5-11-7(9)10/h4-6H2,1-3H3,(H,9,10). The molecule has 0 unspecified atom stereocenters. The van der Waals surface area contributed by atoms with Gasteiger partial charge in [-0.2, -0.15) is 0 Å². The summed E-state index contributed by atoms with van der Waals surface area (Å²) in [6, 6.07) is 0. The second-order valence-corrected chi connectivity index (χ2v) is 3.49. The molecule has 0 heterocycles. The Morgan fingerprint density at radius 2 is 1.92 bits per heavy atom. The number of hydrogen-bond acceptors (Lipinski definition) is 4. The second kappa shape index (κ2) is 5.77. The average Bonchev–Trinajstić information content (AvgIpc) is 1.93. The lowest BCUT2D eigenvalue weighted by Crippen LogP contribution is -2.20. The molecule has 0 atom stereocenters. The van der Waals surface area contributed by atoms with Crippen LogP contribution in [0.1, 0.15) is 27.2 Å². The minimum absolute atomic E-state index is 0.128. The topological polar surface area (TPSA) is 65.0 Å². The molecule has 0 aromatic rings. The third kappa shape index (κ3) is 11.2. The van der Waals surface area contributed by atoms with E-state index >= 15 is 0 Å². The fraction of sp³-hybridized carbons (Fsp3) is 0.875. The smallest absolute Gasteiger partial charge is 0.450 e. The highest BCUT2D eigenvalue weighted by atomic mass is 17.2. The fourth-order valence-corrected chi connectivity index (χ4v) is 0.496. The first-order valence-electron chi connectivity index (χ1n) is 4.08. The van der Waals surface area contributed by atoms with Crippen LogP contribution in [0.2, 0.25) is 0 Å². The van der Waals surface area contributed by atoms with Crippen molar-refractivity contribution in [1.29, 1.82) is 0 Å². The van der Waals surface area contributed by atoms with Gasteiger partial charge in [-0.1, -0.05) is 0 Å². The lowest BCUT2D eigenvalue weighted by molar-refractivity contribution is -0.349. The molecule has 0 aromatic carbocycles. The Labute approximate surface area is 77.5 Å². The summed E-state index contributed by atoms with van der Waals surface area (Å²) in [6.45, 7) is 6.04. The monoisotopic (exact) mass is 192 g/mol. The summed E-state index contributed by atoms with van der Waals surface area (Å²) in [5.74, 6) is 0. The molecule has 0 fully saturated rings. The van der Waals surface area contributed by atoms with Crippen LogP contribution in [0.5, 0.6) is 0 Å². The van der Waals surface area contributed by atoms with E-state index in [1.807, 2.05) is 20.8 Å². The SMILES string of the molecule is CC(C)(C)OOCCCOC(=O)O. The number of carbonyl (C=O) groups is 1. The van der Waals surface area contributed by atoms with Crippen molar-refractivity contribution in [3.05, 3.63) is 0 Å². The van der Waals surface area contributed by atoms with Crippen LogP contribution >= 0.6 is 0 Å². The van der Waals surface area contributed by atoms with Gasteiger partial charge in [-0.05, 0) is 20.8 Å². The minimum atomic E-state index is -1.27. The third-order valence-electron chi connectivity index (χ3n) is 0.906. The second-order valence-electron chi connectivity index (χ2n) is 3.49. The molecule has 0 radical (unpaired) electrons. The molecule has 0 amide bonds. The molecule has 0 bridgehead atoms. The van der Waals surface area contributed by atoms with Crippen molar-refractivity contribution in [2.45, 2.75) is 32.8 Å². The largest absolute Gasteiger partial charge is 0.505 e. The molecule has 13 heavy (non-hydrogen) atoms. The number of hydrogen-bond donors (Lipinski definition) is 1. The highest BCUT2D eigenvalue weighted by molar-refractivity contribution is 5.56. The first-order chi connectivity index (χ1) is 5.92. The van der Waals surface area contributed by atoms with Gasteiger partial charge in [-0.25, -0.2) is 14.6 Å². The Morgan fingerprint density at radius 1 is 1.31 bits per heavy atom. The van der Waals surface area contributed by atoms with Gasteiger partial charge >= 0.3 is 6.16 Å². The van der Waals surface area contributed by atoms with Crippen molar-refractivity contribution in [2.24, 2.45) is 0 Å². The molecule has 1 N–H and O–H groups in total. The third-order valence-corrected chi connectivity index (χ3v) is 0.906. The van der Waals surface area contributed by atoms with E-state index in [-0.39, 0.29) is 12.2 Å². The van der Waals surface area contributed by atoms with Crippen LogP contribution in [0.4, 0.5) is 4.79 Å². The zero-order valence-electron chi connectivity index (χ0n) is 8.20. The molecule has 0 aliphatic carbocycles. The van der Waals surface area contributed by atoms with E-state index in [4.69, 9.17) is 14.9 Å². The zero-order valence-corrected chi connectivity index (χ0v) is 8.20. The summed E-state index contributed by atoms with van der Waals surface area (Å²) in [5.41, 5.74) is -0.340. The van der Waals surface area contributed by atoms with Crippen molar-refractivity contribution >= 4 is 6.16 Å². The number of ether oxygens (including phenoxy) is 1. The number of rotatable bonds is 5. The van der Waals surface area contributed by atoms with E-state index in [0.717, 1.165) is 0 Å². The molecule has 0 rings (SSSR count). The fourth-order valence-electron chi connectivity index (χ4n) is 0.496. The maximum absolute atomic E-state index is 9.90.